The number of rotatable bonds is 3. The summed E-state index contributed by atoms with van der Waals surface area (Å²) in [5, 5.41) is 14.3. The smallest absolute Gasteiger partial charge is 0.0788 e. The molecule has 3 rings (SSSR count). The number of nitrogen functional groups attached to an aromatic ring is 1. The molecule has 6 heteroatoms. The van der Waals surface area contributed by atoms with Crippen molar-refractivity contribution < 1.29 is 0 Å². The van der Waals surface area contributed by atoms with Gasteiger partial charge in [-0.2, -0.15) is 0 Å². The van der Waals surface area contributed by atoms with Crippen LogP contribution in [0.1, 0.15) is 18.4 Å². The van der Waals surface area contributed by atoms with E-state index in [1.807, 2.05) is 24.0 Å². The molecule has 1 unspecified atom stereocenters. The van der Waals surface area contributed by atoms with Crippen LogP contribution in [0.25, 0.3) is 0 Å². The molecular weight excluding hydrogens is 304 g/mol. The van der Waals surface area contributed by atoms with Crippen LogP contribution in [0, 0.1) is 11.3 Å². The van der Waals surface area contributed by atoms with E-state index >= 15 is 0 Å². The summed E-state index contributed by atoms with van der Waals surface area (Å²) in [6.07, 6.45) is 5.63. The van der Waals surface area contributed by atoms with Crippen molar-refractivity contribution in [2.45, 2.75) is 18.2 Å². The van der Waals surface area contributed by atoms with Gasteiger partial charge in [-0.3, -0.25) is 0 Å². The Labute approximate surface area is 134 Å². The Morgan fingerprint density at radius 1 is 1.38 bits per heavy atom. The van der Waals surface area contributed by atoms with E-state index < -0.39 is 0 Å². The molecule has 2 aliphatic heterocycles. The number of nitrogens with two attached hydrogens (primary N) is 1. The largest absolute Gasteiger partial charge is 0.398 e. The molecule has 4 N–H and O–H groups in total. The van der Waals surface area contributed by atoms with E-state index in [1.165, 1.54) is 6.21 Å². The first kappa shape index (κ1) is 14.6. The highest BCUT2D eigenvalue weighted by Crippen LogP contribution is 2.35. The molecule has 1 fully saturated rings. The van der Waals surface area contributed by atoms with Gasteiger partial charge in [-0.25, -0.2) is 0 Å². The van der Waals surface area contributed by atoms with Crippen LogP contribution in [-0.4, -0.2) is 24.7 Å². The summed E-state index contributed by atoms with van der Waals surface area (Å²) in [4.78, 5) is 2.30. The Kier molecular flexibility index (Phi) is 4.31. The van der Waals surface area contributed by atoms with E-state index in [9.17, 15) is 0 Å². The van der Waals surface area contributed by atoms with Crippen LogP contribution in [0.4, 0.5) is 11.4 Å². The van der Waals surface area contributed by atoms with Crippen LogP contribution in [-0.2, 0) is 0 Å². The molecule has 2 heterocycles. The first-order chi connectivity index (χ1) is 10.2. The summed E-state index contributed by atoms with van der Waals surface area (Å²) < 4.78 is 0. The number of halogens is 1. The molecule has 0 spiro atoms. The minimum Gasteiger partial charge on any atom is -0.398 e. The summed E-state index contributed by atoms with van der Waals surface area (Å²) in [7, 11) is 0. The van der Waals surface area contributed by atoms with Crippen molar-refractivity contribution in [2.24, 2.45) is 5.92 Å². The molecule has 0 aromatic heterocycles. The van der Waals surface area contributed by atoms with E-state index in [1.54, 1.807) is 6.07 Å². The first-order valence-corrected chi connectivity index (χ1v) is 8.42. The molecule has 21 heavy (non-hydrogen) atoms. The van der Waals surface area contributed by atoms with Crippen LogP contribution in [0.5, 0.6) is 0 Å². The summed E-state index contributed by atoms with van der Waals surface area (Å²) in [5.74, 6) is 0.682. The monoisotopic (exact) mass is 322 g/mol. The number of anilines is 2. The Bertz CT molecular complexity index is 559. The van der Waals surface area contributed by atoms with E-state index in [-0.39, 0.29) is 0 Å². The van der Waals surface area contributed by atoms with Crippen molar-refractivity contribution in [1.29, 1.82) is 5.41 Å². The van der Waals surface area contributed by atoms with Gasteiger partial charge >= 0.3 is 0 Å². The zero-order chi connectivity index (χ0) is 14.8. The van der Waals surface area contributed by atoms with Crippen molar-refractivity contribution in [3.05, 3.63) is 34.3 Å². The summed E-state index contributed by atoms with van der Waals surface area (Å²) >= 11 is 8.00. The van der Waals surface area contributed by atoms with Crippen LogP contribution in [0.3, 0.4) is 0 Å². The second-order valence-electron chi connectivity index (χ2n) is 5.42. The quantitative estimate of drug-likeness (QED) is 0.590. The fourth-order valence-electron chi connectivity index (χ4n) is 3.03. The molecular formula is C15H19ClN4S. The SMILES string of the molecule is N=Cc1c(N)cc(Cl)cc1N1CCC(C2NC=CS2)CC1. The highest BCUT2D eigenvalue weighted by molar-refractivity contribution is 8.02. The van der Waals surface area contributed by atoms with E-state index in [4.69, 9.17) is 22.7 Å². The molecule has 4 nitrogen and oxygen atoms in total. The zero-order valence-electron chi connectivity index (χ0n) is 11.7. The lowest BCUT2D eigenvalue weighted by molar-refractivity contribution is 0.380. The van der Waals surface area contributed by atoms with Gasteiger partial charge in [0.25, 0.3) is 0 Å². The number of hydrogen-bond acceptors (Lipinski definition) is 5. The summed E-state index contributed by atoms with van der Waals surface area (Å²) in [5.41, 5.74) is 8.31. The van der Waals surface area contributed by atoms with E-state index in [0.29, 0.717) is 22.0 Å². The zero-order valence-corrected chi connectivity index (χ0v) is 13.3. The maximum Gasteiger partial charge on any atom is 0.0788 e. The molecule has 0 aliphatic carbocycles. The Hall–Kier alpha value is -1.33. The third kappa shape index (κ3) is 2.99. The van der Waals surface area contributed by atoms with E-state index in [0.717, 1.165) is 37.2 Å². The van der Waals surface area contributed by atoms with Gasteiger partial charge in [0.15, 0.2) is 0 Å². The maximum atomic E-state index is 7.59. The highest BCUT2D eigenvalue weighted by Gasteiger charge is 2.28. The van der Waals surface area contributed by atoms with Crippen molar-refractivity contribution >= 4 is 41.0 Å². The van der Waals surface area contributed by atoms with E-state index in [2.05, 4.69) is 15.6 Å². The molecule has 1 atom stereocenters. The van der Waals surface area contributed by atoms with Gasteiger partial charge < -0.3 is 21.4 Å². The van der Waals surface area contributed by atoms with Gasteiger partial charge in [0, 0.05) is 47.5 Å². The molecule has 112 valence electrons. The predicted octanol–water partition coefficient (Wildman–Crippen LogP) is 3.27. The number of nitrogens with one attached hydrogen (secondary N) is 2. The second kappa shape index (κ2) is 6.20. The van der Waals surface area contributed by atoms with Gasteiger partial charge in [-0.05, 0) is 36.3 Å². The average molecular weight is 323 g/mol. The predicted molar refractivity (Wildman–Crippen MR) is 92.3 cm³/mol. The van der Waals surface area contributed by atoms with Crippen molar-refractivity contribution in [1.82, 2.24) is 5.32 Å². The Morgan fingerprint density at radius 3 is 2.76 bits per heavy atom. The number of nitrogens with zero attached hydrogens (tertiary/aromatic N) is 1. The van der Waals surface area contributed by atoms with Gasteiger partial charge in [0.2, 0.25) is 0 Å². The maximum absolute atomic E-state index is 7.59. The summed E-state index contributed by atoms with van der Waals surface area (Å²) in [6.45, 7) is 1.95. The molecule has 0 bridgehead atoms. The van der Waals surface area contributed by atoms with Crippen molar-refractivity contribution in [2.75, 3.05) is 23.7 Å². The lowest BCUT2D eigenvalue weighted by Gasteiger charge is -2.36. The van der Waals surface area contributed by atoms with Crippen LogP contribution >= 0.6 is 23.4 Å². The molecule has 1 saturated heterocycles. The van der Waals surface area contributed by atoms with Crippen molar-refractivity contribution in [3.8, 4) is 0 Å². The standard InChI is InChI=1S/C15H19ClN4S/c16-11-7-13(18)12(9-17)14(8-11)20-4-1-10(2-5-20)15-19-3-6-21-15/h3,6-10,15,17,19H,1-2,4-5,18H2. The molecule has 1 aromatic rings. The van der Waals surface area contributed by atoms with Crippen LogP contribution in [0.2, 0.25) is 5.02 Å². The number of benzene rings is 1. The number of thioether (sulfide) groups is 1. The van der Waals surface area contributed by atoms with Gasteiger partial charge in [0.1, 0.15) is 0 Å². The lowest BCUT2D eigenvalue weighted by Crippen LogP contribution is -2.40. The summed E-state index contributed by atoms with van der Waals surface area (Å²) in [6, 6.07) is 3.63. The molecule has 0 saturated carbocycles. The van der Waals surface area contributed by atoms with Crippen molar-refractivity contribution in [3.63, 3.8) is 0 Å². The topological polar surface area (TPSA) is 65.1 Å². The minimum absolute atomic E-state index is 0.513. The van der Waals surface area contributed by atoms with Crippen LogP contribution < -0.4 is 16.0 Å². The highest BCUT2D eigenvalue weighted by atomic mass is 35.5. The lowest BCUT2D eigenvalue weighted by atomic mass is 9.95. The van der Waals surface area contributed by atoms with Crippen LogP contribution in [0.15, 0.2) is 23.7 Å². The minimum atomic E-state index is 0.513. The Balaban J connectivity index is 1.73. The van der Waals surface area contributed by atoms with Gasteiger partial charge in [0.05, 0.1) is 5.37 Å². The normalized spacial score (nSPS) is 22.3. The fraction of sp³-hybridized carbons (Fsp3) is 0.400. The Morgan fingerprint density at radius 2 is 2.14 bits per heavy atom. The number of hydrogen-bond donors (Lipinski definition) is 3. The van der Waals surface area contributed by atoms with Gasteiger partial charge in [-0.1, -0.05) is 11.6 Å². The molecule has 2 aliphatic rings. The second-order valence-corrected chi connectivity index (χ2v) is 6.91. The molecule has 0 amide bonds. The molecule has 1 aromatic carbocycles. The van der Waals surface area contributed by atoms with Gasteiger partial charge in [-0.15, -0.1) is 11.8 Å². The fourth-order valence-corrected chi connectivity index (χ4v) is 4.23. The first-order valence-electron chi connectivity index (χ1n) is 7.10. The average Bonchev–Trinajstić information content (AvgIpc) is 3.01. The molecule has 0 radical (unpaired) electrons. The third-order valence-corrected chi connectivity index (χ3v) is 5.49. The number of piperidine rings is 1. The third-order valence-electron chi connectivity index (χ3n) is 4.16.